The van der Waals surface area contributed by atoms with E-state index in [1.54, 1.807) is 30.6 Å². The van der Waals surface area contributed by atoms with Crippen LogP contribution in [0.3, 0.4) is 0 Å². The molecule has 5 heteroatoms. The van der Waals surface area contributed by atoms with E-state index in [1.165, 1.54) is 31.4 Å². The Morgan fingerprint density at radius 2 is 1.88 bits per heavy atom. The van der Waals surface area contributed by atoms with Crippen LogP contribution in [0, 0.1) is 5.82 Å². The fourth-order valence-electron chi connectivity index (χ4n) is 2.98. The minimum absolute atomic E-state index is 0.0696. The summed E-state index contributed by atoms with van der Waals surface area (Å²) in [5, 5.41) is 6.31. The summed E-state index contributed by atoms with van der Waals surface area (Å²) in [6.45, 7) is 0.551. The number of carbonyl (C=O) groups excluding carboxylic acids is 1. The number of anilines is 1. The van der Waals surface area contributed by atoms with Gasteiger partial charge in [0, 0.05) is 25.0 Å². The summed E-state index contributed by atoms with van der Waals surface area (Å²) in [5.74, 6) is -0.318. The van der Waals surface area contributed by atoms with Crippen molar-refractivity contribution >= 4 is 11.6 Å². The molecular formula is C19H22FN3O. The predicted molar refractivity (Wildman–Crippen MR) is 92.3 cm³/mol. The van der Waals surface area contributed by atoms with Gasteiger partial charge in [0.25, 0.3) is 5.91 Å². The summed E-state index contributed by atoms with van der Waals surface area (Å²) in [5.41, 5.74) is 2.30. The number of nitrogens with one attached hydrogen (secondary N) is 2. The zero-order chi connectivity index (χ0) is 16.8. The molecule has 1 aromatic heterocycles. The van der Waals surface area contributed by atoms with E-state index < -0.39 is 0 Å². The first kappa shape index (κ1) is 16.4. The van der Waals surface area contributed by atoms with Gasteiger partial charge in [0.15, 0.2) is 0 Å². The summed E-state index contributed by atoms with van der Waals surface area (Å²) in [4.78, 5) is 16.5. The Bertz CT molecular complexity index is 681. The Kier molecular flexibility index (Phi) is 5.41. The molecule has 0 radical (unpaired) electrons. The molecule has 1 saturated carbocycles. The standard InChI is InChI=1S/C19H22FN3O/c20-16-8-6-14(7-9-16)11-22-18-10-15(12-21-13-18)19(24)23-17-4-2-1-3-5-17/h6-10,12-13,17,22H,1-5,11H2,(H,23,24). The molecule has 1 heterocycles. The maximum Gasteiger partial charge on any atom is 0.253 e. The molecule has 0 spiro atoms. The van der Waals surface area contributed by atoms with Crippen molar-refractivity contribution in [1.82, 2.24) is 10.3 Å². The minimum atomic E-state index is -0.248. The first-order valence-corrected chi connectivity index (χ1v) is 8.45. The molecule has 0 aliphatic heterocycles. The fourth-order valence-corrected chi connectivity index (χ4v) is 2.98. The molecule has 0 atom stereocenters. The van der Waals surface area contributed by atoms with Crippen molar-refractivity contribution < 1.29 is 9.18 Å². The highest BCUT2D eigenvalue weighted by Gasteiger charge is 2.17. The first-order chi connectivity index (χ1) is 11.7. The van der Waals surface area contributed by atoms with Crippen molar-refractivity contribution in [3.05, 3.63) is 59.7 Å². The van der Waals surface area contributed by atoms with Crippen LogP contribution in [0.15, 0.2) is 42.7 Å². The van der Waals surface area contributed by atoms with Gasteiger partial charge in [-0.15, -0.1) is 0 Å². The van der Waals surface area contributed by atoms with E-state index in [2.05, 4.69) is 15.6 Å². The number of hydrogen-bond donors (Lipinski definition) is 2. The van der Waals surface area contributed by atoms with Crippen LogP contribution in [0.4, 0.5) is 10.1 Å². The van der Waals surface area contributed by atoms with E-state index in [0.29, 0.717) is 12.1 Å². The highest BCUT2D eigenvalue weighted by Crippen LogP contribution is 2.18. The number of nitrogens with zero attached hydrogens (tertiary/aromatic N) is 1. The van der Waals surface area contributed by atoms with Gasteiger partial charge in [-0.1, -0.05) is 31.4 Å². The molecule has 1 aromatic carbocycles. The maximum absolute atomic E-state index is 12.9. The Morgan fingerprint density at radius 1 is 1.12 bits per heavy atom. The Hall–Kier alpha value is -2.43. The number of rotatable bonds is 5. The number of amides is 1. The lowest BCUT2D eigenvalue weighted by Crippen LogP contribution is -2.36. The van der Waals surface area contributed by atoms with Crippen LogP contribution < -0.4 is 10.6 Å². The lowest BCUT2D eigenvalue weighted by molar-refractivity contribution is 0.0927. The van der Waals surface area contributed by atoms with Gasteiger partial charge < -0.3 is 10.6 Å². The van der Waals surface area contributed by atoms with Crippen LogP contribution in [0.25, 0.3) is 0 Å². The average molecular weight is 327 g/mol. The quantitative estimate of drug-likeness (QED) is 0.876. The molecule has 1 aliphatic rings. The van der Waals surface area contributed by atoms with E-state index in [1.807, 2.05) is 0 Å². The molecule has 3 rings (SSSR count). The highest BCUT2D eigenvalue weighted by molar-refractivity contribution is 5.94. The zero-order valence-corrected chi connectivity index (χ0v) is 13.6. The van der Waals surface area contributed by atoms with Gasteiger partial charge >= 0.3 is 0 Å². The second kappa shape index (κ2) is 7.90. The number of aromatic nitrogens is 1. The van der Waals surface area contributed by atoms with Crippen molar-refractivity contribution in [2.45, 2.75) is 44.7 Å². The summed E-state index contributed by atoms with van der Waals surface area (Å²) in [6.07, 6.45) is 9.01. The highest BCUT2D eigenvalue weighted by atomic mass is 19.1. The minimum Gasteiger partial charge on any atom is -0.380 e. The Balaban J connectivity index is 1.58. The largest absolute Gasteiger partial charge is 0.380 e. The molecule has 24 heavy (non-hydrogen) atoms. The maximum atomic E-state index is 12.9. The summed E-state index contributed by atoms with van der Waals surface area (Å²) >= 11 is 0. The smallest absolute Gasteiger partial charge is 0.253 e. The third-order valence-electron chi connectivity index (χ3n) is 4.35. The number of benzene rings is 1. The van der Waals surface area contributed by atoms with Gasteiger partial charge in [-0.3, -0.25) is 9.78 Å². The average Bonchev–Trinajstić information content (AvgIpc) is 2.62. The molecule has 1 fully saturated rings. The van der Waals surface area contributed by atoms with Crippen molar-refractivity contribution in [3.63, 3.8) is 0 Å². The van der Waals surface area contributed by atoms with E-state index in [4.69, 9.17) is 0 Å². The lowest BCUT2D eigenvalue weighted by Gasteiger charge is -2.22. The topological polar surface area (TPSA) is 54.0 Å². The van der Waals surface area contributed by atoms with Gasteiger partial charge in [0.05, 0.1) is 11.3 Å². The molecule has 0 unspecified atom stereocenters. The van der Waals surface area contributed by atoms with Crippen molar-refractivity contribution in [1.29, 1.82) is 0 Å². The van der Waals surface area contributed by atoms with Crippen LogP contribution in [-0.4, -0.2) is 16.9 Å². The van der Waals surface area contributed by atoms with E-state index >= 15 is 0 Å². The lowest BCUT2D eigenvalue weighted by atomic mass is 9.95. The third kappa shape index (κ3) is 4.54. The molecule has 2 aromatic rings. The number of halogens is 1. The van der Waals surface area contributed by atoms with Gasteiger partial charge in [0.1, 0.15) is 5.82 Å². The van der Waals surface area contributed by atoms with Crippen molar-refractivity contribution in [3.8, 4) is 0 Å². The number of pyridine rings is 1. The van der Waals surface area contributed by atoms with E-state index in [-0.39, 0.29) is 17.8 Å². The molecule has 0 saturated heterocycles. The SMILES string of the molecule is O=C(NC1CCCCC1)c1cncc(NCc2ccc(F)cc2)c1. The van der Waals surface area contributed by atoms with E-state index in [0.717, 1.165) is 24.1 Å². The van der Waals surface area contributed by atoms with Gasteiger partial charge in [-0.2, -0.15) is 0 Å². The van der Waals surface area contributed by atoms with Gasteiger partial charge in [-0.25, -0.2) is 4.39 Å². The monoisotopic (exact) mass is 327 g/mol. The van der Waals surface area contributed by atoms with Crippen LogP contribution in [0.1, 0.15) is 48.0 Å². The van der Waals surface area contributed by atoms with Crippen LogP contribution in [0.5, 0.6) is 0 Å². The second-order valence-corrected chi connectivity index (χ2v) is 6.25. The molecule has 126 valence electrons. The van der Waals surface area contributed by atoms with E-state index in [9.17, 15) is 9.18 Å². The predicted octanol–water partition coefficient (Wildman–Crippen LogP) is 3.90. The Labute approximate surface area is 141 Å². The summed E-state index contributed by atoms with van der Waals surface area (Å²) < 4.78 is 12.9. The molecule has 0 bridgehead atoms. The third-order valence-corrected chi connectivity index (χ3v) is 4.35. The summed E-state index contributed by atoms with van der Waals surface area (Å²) in [6, 6.07) is 8.41. The van der Waals surface area contributed by atoms with Crippen molar-refractivity contribution in [2.24, 2.45) is 0 Å². The van der Waals surface area contributed by atoms with Crippen molar-refractivity contribution in [2.75, 3.05) is 5.32 Å². The van der Waals surface area contributed by atoms with Gasteiger partial charge in [0.2, 0.25) is 0 Å². The van der Waals surface area contributed by atoms with Gasteiger partial charge in [-0.05, 0) is 36.6 Å². The molecular weight excluding hydrogens is 305 g/mol. The fraction of sp³-hybridized carbons (Fsp3) is 0.368. The van der Waals surface area contributed by atoms with Crippen LogP contribution in [0.2, 0.25) is 0 Å². The second-order valence-electron chi connectivity index (χ2n) is 6.25. The normalized spacial score (nSPS) is 15.0. The van der Waals surface area contributed by atoms with Crippen LogP contribution in [-0.2, 0) is 6.54 Å². The molecule has 1 amide bonds. The van der Waals surface area contributed by atoms with Crippen LogP contribution >= 0.6 is 0 Å². The Morgan fingerprint density at radius 3 is 2.62 bits per heavy atom. The number of carbonyl (C=O) groups is 1. The molecule has 1 aliphatic carbocycles. The first-order valence-electron chi connectivity index (χ1n) is 8.45. The summed E-state index contributed by atoms with van der Waals surface area (Å²) in [7, 11) is 0. The molecule has 2 N–H and O–H groups in total. The number of hydrogen-bond acceptors (Lipinski definition) is 3. The molecule has 4 nitrogen and oxygen atoms in total. The zero-order valence-electron chi connectivity index (χ0n) is 13.6.